The van der Waals surface area contributed by atoms with Crippen molar-refractivity contribution in [2.24, 2.45) is 5.92 Å². The van der Waals surface area contributed by atoms with Gasteiger partial charge in [-0.2, -0.15) is 0 Å². The van der Waals surface area contributed by atoms with Gasteiger partial charge in [-0.05, 0) is 48.6 Å². The Morgan fingerprint density at radius 1 is 0.958 bits per heavy atom. The van der Waals surface area contributed by atoms with E-state index >= 15 is 0 Å². The Hall–Kier alpha value is -4.20. The van der Waals surface area contributed by atoms with Crippen molar-refractivity contribution < 1.29 is 43.7 Å². The minimum Gasteiger partial charge on any atom is -0.508 e. The van der Waals surface area contributed by atoms with E-state index in [9.17, 15) is 39.0 Å². The van der Waals surface area contributed by atoms with Crippen LogP contribution in [0.1, 0.15) is 51.2 Å². The number of ether oxygens (including phenoxy) is 1. The number of carbonyl (C=O) groups excluding carboxylic acids is 5. The largest absolute Gasteiger partial charge is 0.508 e. The number of nitrogens with one attached hydrogen (secondary N) is 3. The highest BCUT2D eigenvalue weighted by molar-refractivity contribution is 6.35. The van der Waals surface area contributed by atoms with Gasteiger partial charge in [0.25, 0.3) is 0 Å². The summed E-state index contributed by atoms with van der Waals surface area (Å²) in [6.45, 7) is 4.24. The van der Waals surface area contributed by atoms with E-state index in [1.54, 1.807) is 44.2 Å². The zero-order valence-electron chi connectivity index (χ0n) is 26.8. The Morgan fingerprint density at radius 3 is 2.19 bits per heavy atom. The van der Waals surface area contributed by atoms with Crippen LogP contribution >= 0.6 is 23.2 Å². The number of carboxylic acids is 1. The molecule has 3 rings (SSSR count). The standard InChI is InChI=1S/C33H40Cl2N4O9/c1-18(2)30(38-31(45)26(36-19(3)40)14-20-9-11-21(41)12-10-20)33(47)39-13-5-8-27(39)32(46)37-25(15-29(43)44)28(42)17-48-16-22-23(34)6-4-7-24(22)35/h4,6-7,9-12,18,25-27,30,41H,5,8,13-17H2,1-3H3,(H,36,40)(H,37,46)(H,38,45)(H,43,44)/t25-,26-,27-,30-/m0/s1. The molecular formula is C33H40Cl2N4O9. The lowest BCUT2D eigenvalue weighted by Crippen LogP contribution is -2.59. The number of aromatic hydroxyl groups is 1. The van der Waals surface area contributed by atoms with Gasteiger partial charge in [0.2, 0.25) is 23.6 Å². The molecule has 4 atom stereocenters. The maximum Gasteiger partial charge on any atom is 0.305 e. The molecule has 0 aromatic heterocycles. The molecule has 1 aliphatic heterocycles. The van der Waals surface area contributed by atoms with Crippen molar-refractivity contribution >= 4 is 58.6 Å². The molecule has 1 heterocycles. The summed E-state index contributed by atoms with van der Waals surface area (Å²) in [6.07, 6.45) is 0.0870. The third kappa shape index (κ3) is 10.9. The second kappa shape index (κ2) is 17.8. The molecule has 0 aliphatic carbocycles. The molecule has 0 saturated carbocycles. The average Bonchev–Trinajstić information content (AvgIpc) is 3.51. The lowest BCUT2D eigenvalue weighted by molar-refractivity contribution is -0.144. The summed E-state index contributed by atoms with van der Waals surface area (Å²) in [5.74, 6) is -4.73. The van der Waals surface area contributed by atoms with Gasteiger partial charge in [0.05, 0.1) is 13.0 Å². The number of carbonyl (C=O) groups is 6. The highest BCUT2D eigenvalue weighted by atomic mass is 35.5. The average molecular weight is 708 g/mol. The van der Waals surface area contributed by atoms with Crippen molar-refractivity contribution in [3.63, 3.8) is 0 Å². The fourth-order valence-electron chi connectivity index (χ4n) is 5.28. The van der Waals surface area contributed by atoms with Crippen LogP contribution < -0.4 is 16.0 Å². The van der Waals surface area contributed by atoms with Crippen LogP contribution in [0.4, 0.5) is 0 Å². The number of rotatable bonds is 16. The lowest BCUT2D eigenvalue weighted by atomic mass is 10.00. The summed E-state index contributed by atoms with van der Waals surface area (Å²) in [6, 6.07) is 6.42. The molecule has 48 heavy (non-hydrogen) atoms. The first-order valence-electron chi connectivity index (χ1n) is 15.4. The van der Waals surface area contributed by atoms with Gasteiger partial charge >= 0.3 is 5.97 Å². The van der Waals surface area contributed by atoms with Crippen LogP contribution in [0.5, 0.6) is 5.75 Å². The summed E-state index contributed by atoms with van der Waals surface area (Å²) in [4.78, 5) is 78.4. The third-order valence-corrected chi connectivity index (χ3v) is 8.48. The predicted octanol–water partition coefficient (Wildman–Crippen LogP) is 2.62. The van der Waals surface area contributed by atoms with Gasteiger partial charge in [-0.3, -0.25) is 28.8 Å². The molecule has 4 amide bonds. The Labute approximate surface area is 288 Å². The molecule has 5 N–H and O–H groups in total. The van der Waals surface area contributed by atoms with Crippen LogP contribution in [-0.2, 0) is 46.5 Å². The first kappa shape index (κ1) is 38.2. The maximum absolute atomic E-state index is 13.8. The number of Topliss-reactive ketones (excluding diaryl/α,β-unsaturated/α-hetero) is 1. The van der Waals surface area contributed by atoms with Crippen LogP contribution in [0, 0.1) is 5.92 Å². The van der Waals surface area contributed by atoms with Crippen LogP contribution in [0.3, 0.4) is 0 Å². The Balaban J connectivity index is 1.69. The smallest absolute Gasteiger partial charge is 0.305 e. The number of ketones is 1. The molecule has 260 valence electrons. The number of carboxylic acid groups (broad SMARTS) is 1. The number of phenolic OH excluding ortho intramolecular Hbond substituents is 1. The minimum atomic E-state index is -1.44. The Bertz CT molecular complexity index is 1480. The van der Waals surface area contributed by atoms with Crippen molar-refractivity contribution in [1.29, 1.82) is 0 Å². The van der Waals surface area contributed by atoms with Gasteiger partial charge in [0.1, 0.15) is 36.5 Å². The molecule has 2 aromatic rings. The number of nitrogens with zero attached hydrogens (tertiary/aromatic N) is 1. The molecule has 0 unspecified atom stereocenters. The van der Waals surface area contributed by atoms with E-state index in [1.165, 1.54) is 24.0 Å². The zero-order valence-corrected chi connectivity index (χ0v) is 28.3. The fourth-order valence-corrected chi connectivity index (χ4v) is 5.79. The number of hydrogen-bond donors (Lipinski definition) is 5. The first-order chi connectivity index (χ1) is 22.7. The SMILES string of the molecule is CC(=O)N[C@@H](Cc1ccc(O)cc1)C(=O)N[C@H](C(=O)N1CCC[C@H]1C(=O)N[C@@H](CC(=O)O)C(=O)COCc1c(Cl)cccc1Cl)C(C)C. The van der Waals surface area contributed by atoms with Crippen LogP contribution in [0.15, 0.2) is 42.5 Å². The molecular weight excluding hydrogens is 667 g/mol. The Morgan fingerprint density at radius 2 is 1.60 bits per heavy atom. The van der Waals surface area contributed by atoms with Crippen molar-refractivity contribution in [2.75, 3.05) is 13.2 Å². The van der Waals surface area contributed by atoms with Crippen molar-refractivity contribution in [2.45, 2.75) is 77.2 Å². The highest BCUT2D eigenvalue weighted by Gasteiger charge is 2.40. The Kier molecular flexibility index (Phi) is 14.2. The molecule has 0 spiro atoms. The van der Waals surface area contributed by atoms with Gasteiger partial charge in [0.15, 0.2) is 5.78 Å². The van der Waals surface area contributed by atoms with Gasteiger partial charge in [0, 0.05) is 35.5 Å². The molecule has 15 heteroatoms. The molecule has 13 nitrogen and oxygen atoms in total. The number of likely N-dealkylation sites (tertiary alicyclic amines) is 1. The van der Waals surface area contributed by atoms with Crippen molar-refractivity contribution in [1.82, 2.24) is 20.9 Å². The van der Waals surface area contributed by atoms with E-state index in [-0.39, 0.29) is 31.7 Å². The maximum atomic E-state index is 13.8. The fraction of sp³-hybridized carbons (Fsp3) is 0.455. The first-order valence-corrected chi connectivity index (χ1v) is 16.1. The van der Waals surface area contributed by atoms with Gasteiger partial charge in [-0.15, -0.1) is 0 Å². The van der Waals surface area contributed by atoms with Crippen molar-refractivity contribution in [3.05, 3.63) is 63.6 Å². The van der Waals surface area contributed by atoms with E-state index in [2.05, 4.69) is 16.0 Å². The molecule has 0 bridgehead atoms. The molecule has 0 radical (unpaired) electrons. The van der Waals surface area contributed by atoms with E-state index < -0.39 is 78.5 Å². The topological polar surface area (TPSA) is 191 Å². The van der Waals surface area contributed by atoms with Crippen LogP contribution in [-0.4, -0.2) is 87.8 Å². The predicted molar refractivity (Wildman–Crippen MR) is 176 cm³/mol. The van der Waals surface area contributed by atoms with E-state index in [0.717, 1.165) is 0 Å². The van der Waals surface area contributed by atoms with E-state index in [0.29, 0.717) is 27.6 Å². The molecule has 1 aliphatic rings. The minimum absolute atomic E-state index is 0.0414. The summed E-state index contributed by atoms with van der Waals surface area (Å²) in [7, 11) is 0. The second-order valence-corrected chi connectivity index (χ2v) is 12.7. The number of amides is 4. The summed E-state index contributed by atoms with van der Waals surface area (Å²) >= 11 is 12.3. The van der Waals surface area contributed by atoms with E-state index in [1.807, 2.05) is 0 Å². The summed E-state index contributed by atoms with van der Waals surface area (Å²) < 4.78 is 5.45. The quantitative estimate of drug-likeness (QED) is 0.175. The monoisotopic (exact) mass is 706 g/mol. The van der Waals surface area contributed by atoms with E-state index in [4.69, 9.17) is 27.9 Å². The lowest BCUT2D eigenvalue weighted by Gasteiger charge is -2.32. The normalized spacial score (nSPS) is 16.1. The summed E-state index contributed by atoms with van der Waals surface area (Å²) in [5.41, 5.74) is 1.11. The van der Waals surface area contributed by atoms with Gasteiger partial charge in [-0.25, -0.2) is 0 Å². The van der Waals surface area contributed by atoms with Crippen LogP contribution in [0.25, 0.3) is 0 Å². The number of halogens is 2. The zero-order chi connectivity index (χ0) is 35.5. The number of phenols is 1. The molecule has 1 fully saturated rings. The molecule has 1 saturated heterocycles. The number of hydrogen-bond acceptors (Lipinski definition) is 8. The molecule has 2 aromatic carbocycles. The number of benzene rings is 2. The van der Waals surface area contributed by atoms with Gasteiger partial charge in [-0.1, -0.05) is 55.2 Å². The highest BCUT2D eigenvalue weighted by Crippen LogP contribution is 2.25. The summed E-state index contributed by atoms with van der Waals surface area (Å²) in [5, 5.41) is 27.5. The van der Waals surface area contributed by atoms with Gasteiger partial charge < -0.3 is 35.8 Å². The second-order valence-electron chi connectivity index (χ2n) is 11.9. The number of aliphatic carboxylic acids is 1. The van der Waals surface area contributed by atoms with Crippen molar-refractivity contribution in [3.8, 4) is 5.75 Å². The third-order valence-electron chi connectivity index (χ3n) is 7.78. The van der Waals surface area contributed by atoms with Crippen LogP contribution in [0.2, 0.25) is 10.0 Å².